The fraction of sp³-hybridized carbons (Fsp3) is 0.500. The van der Waals surface area contributed by atoms with Crippen molar-refractivity contribution in [3.63, 3.8) is 0 Å². The number of benzene rings is 1. The molecule has 0 unspecified atom stereocenters. The molecule has 1 saturated carbocycles. The molecule has 1 aliphatic carbocycles. The van der Waals surface area contributed by atoms with E-state index in [1.807, 2.05) is 12.1 Å². The molecule has 17 heavy (non-hydrogen) atoms. The molecule has 1 aromatic rings. The van der Waals surface area contributed by atoms with Crippen molar-refractivity contribution in [1.29, 1.82) is 0 Å². The normalized spacial score (nSPS) is 20.9. The molecule has 1 aliphatic heterocycles. The molecule has 0 bridgehead atoms. The Kier molecular flexibility index (Phi) is 2.35. The minimum Gasteiger partial charge on any atom is -0.384 e. The van der Waals surface area contributed by atoms with E-state index in [9.17, 15) is 4.79 Å². The molecule has 1 heterocycles. The lowest BCUT2D eigenvalue weighted by Crippen LogP contribution is -2.30. The quantitative estimate of drug-likeness (QED) is 0.778. The first-order chi connectivity index (χ1) is 8.21. The van der Waals surface area contributed by atoms with E-state index in [0.29, 0.717) is 11.0 Å². The van der Waals surface area contributed by atoms with Crippen molar-refractivity contribution in [3.05, 3.63) is 29.3 Å². The highest BCUT2D eigenvalue weighted by atomic mass is 16.1. The molecule has 1 aromatic carbocycles. The molecule has 0 aromatic heterocycles. The molecule has 0 saturated heterocycles. The van der Waals surface area contributed by atoms with Crippen LogP contribution < -0.4 is 11.1 Å². The average Bonchev–Trinajstić information content (AvgIpc) is 2.69. The van der Waals surface area contributed by atoms with Gasteiger partial charge in [0.25, 0.3) is 0 Å². The van der Waals surface area contributed by atoms with E-state index in [1.165, 1.54) is 37.7 Å². The van der Waals surface area contributed by atoms with Gasteiger partial charge in [0.2, 0.25) is 5.91 Å². The second-order valence-corrected chi connectivity index (χ2v) is 5.32. The second-order valence-electron chi connectivity index (χ2n) is 5.32. The second kappa shape index (κ2) is 3.76. The fourth-order valence-electron chi connectivity index (χ4n) is 3.34. The summed E-state index contributed by atoms with van der Waals surface area (Å²) in [6.07, 6.45) is 6.53. The first kappa shape index (κ1) is 10.6. The van der Waals surface area contributed by atoms with Crippen LogP contribution in [0.3, 0.4) is 0 Å². The maximum atomic E-state index is 11.2. The average molecular weight is 230 g/mol. The molecule has 3 nitrogen and oxygen atoms in total. The standard InChI is InChI=1S/C14H18N2O/c15-13(17)10-4-5-11-12(8-10)16-9-14(11)6-2-1-3-7-14/h4-5,8,16H,1-3,6-7,9H2,(H2,15,17). The van der Waals surface area contributed by atoms with Gasteiger partial charge in [0.1, 0.15) is 0 Å². The lowest BCUT2D eigenvalue weighted by atomic mass is 9.71. The number of rotatable bonds is 1. The topological polar surface area (TPSA) is 55.1 Å². The van der Waals surface area contributed by atoms with Crippen LogP contribution in [0.4, 0.5) is 5.69 Å². The largest absolute Gasteiger partial charge is 0.384 e. The highest BCUT2D eigenvalue weighted by molar-refractivity contribution is 5.94. The van der Waals surface area contributed by atoms with Gasteiger partial charge in [-0.15, -0.1) is 0 Å². The Balaban J connectivity index is 2.00. The Labute approximate surface area is 101 Å². The molecule has 0 atom stereocenters. The molecule has 90 valence electrons. The van der Waals surface area contributed by atoms with Gasteiger partial charge in [0.15, 0.2) is 0 Å². The number of nitrogens with two attached hydrogens (primary N) is 1. The van der Waals surface area contributed by atoms with Gasteiger partial charge in [0, 0.05) is 23.2 Å². The van der Waals surface area contributed by atoms with E-state index in [0.717, 1.165) is 12.2 Å². The molecule has 1 fully saturated rings. The summed E-state index contributed by atoms with van der Waals surface area (Å²) in [6.45, 7) is 1.02. The predicted octanol–water partition coefficient (Wildman–Crippen LogP) is 2.41. The Bertz CT molecular complexity index is 461. The number of carbonyl (C=O) groups excluding carboxylic acids is 1. The number of hydrogen-bond acceptors (Lipinski definition) is 2. The van der Waals surface area contributed by atoms with Gasteiger partial charge < -0.3 is 11.1 Å². The zero-order valence-electron chi connectivity index (χ0n) is 9.96. The van der Waals surface area contributed by atoms with Crippen molar-refractivity contribution < 1.29 is 4.79 Å². The van der Waals surface area contributed by atoms with Crippen LogP contribution in [0.5, 0.6) is 0 Å². The number of nitrogens with one attached hydrogen (secondary N) is 1. The van der Waals surface area contributed by atoms with Crippen molar-refractivity contribution in [3.8, 4) is 0 Å². The van der Waals surface area contributed by atoms with Crippen molar-refractivity contribution in [2.75, 3.05) is 11.9 Å². The summed E-state index contributed by atoms with van der Waals surface area (Å²) in [4.78, 5) is 11.2. The van der Waals surface area contributed by atoms with E-state index >= 15 is 0 Å². The first-order valence-electron chi connectivity index (χ1n) is 6.40. The van der Waals surface area contributed by atoms with E-state index in [4.69, 9.17) is 5.73 Å². The minimum absolute atomic E-state index is 0.323. The summed E-state index contributed by atoms with van der Waals surface area (Å²) in [6, 6.07) is 5.87. The molecule has 2 aliphatic rings. The number of primary amides is 1. The molecule has 3 rings (SSSR count). The first-order valence-corrected chi connectivity index (χ1v) is 6.40. The molecular formula is C14H18N2O. The van der Waals surface area contributed by atoms with Crippen LogP contribution in [0.15, 0.2) is 18.2 Å². The lowest BCUT2D eigenvalue weighted by Gasteiger charge is -2.33. The predicted molar refractivity (Wildman–Crippen MR) is 68.2 cm³/mol. The fourth-order valence-corrected chi connectivity index (χ4v) is 3.34. The molecule has 1 spiro atoms. The van der Waals surface area contributed by atoms with E-state index < -0.39 is 0 Å². The van der Waals surface area contributed by atoms with Gasteiger partial charge in [-0.05, 0) is 30.5 Å². The highest BCUT2D eigenvalue weighted by Gasteiger charge is 2.39. The highest BCUT2D eigenvalue weighted by Crippen LogP contribution is 2.46. The summed E-state index contributed by atoms with van der Waals surface area (Å²) < 4.78 is 0. The summed E-state index contributed by atoms with van der Waals surface area (Å²) in [5.74, 6) is -0.348. The van der Waals surface area contributed by atoms with Crippen LogP contribution in [-0.2, 0) is 5.41 Å². The lowest BCUT2D eigenvalue weighted by molar-refractivity contribution is 0.100. The SMILES string of the molecule is NC(=O)c1ccc2c(c1)NCC21CCCCC1. The van der Waals surface area contributed by atoms with Crippen molar-refractivity contribution in [1.82, 2.24) is 0 Å². The van der Waals surface area contributed by atoms with Gasteiger partial charge >= 0.3 is 0 Å². The van der Waals surface area contributed by atoms with E-state index in [-0.39, 0.29) is 5.91 Å². The minimum atomic E-state index is -0.348. The number of anilines is 1. The van der Waals surface area contributed by atoms with Crippen LogP contribution in [0.1, 0.15) is 48.0 Å². The smallest absolute Gasteiger partial charge is 0.248 e. The summed E-state index contributed by atoms with van der Waals surface area (Å²) >= 11 is 0. The van der Waals surface area contributed by atoms with Crippen LogP contribution in [-0.4, -0.2) is 12.5 Å². The molecular weight excluding hydrogens is 212 g/mol. The van der Waals surface area contributed by atoms with Crippen LogP contribution in [0.2, 0.25) is 0 Å². The van der Waals surface area contributed by atoms with Gasteiger partial charge in [-0.1, -0.05) is 25.3 Å². The number of carbonyl (C=O) groups is 1. The number of amides is 1. The molecule has 0 radical (unpaired) electrons. The Morgan fingerprint density at radius 3 is 2.71 bits per heavy atom. The Morgan fingerprint density at radius 2 is 2.00 bits per heavy atom. The van der Waals surface area contributed by atoms with Gasteiger partial charge in [-0.3, -0.25) is 4.79 Å². The Morgan fingerprint density at radius 1 is 1.24 bits per heavy atom. The van der Waals surface area contributed by atoms with Gasteiger partial charge in [-0.2, -0.15) is 0 Å². The number of fused-ring (bicyclic) bond motifs is 2. The molecule has 3 heteroatoms. The van der Waals surface area contributed by atoms with Crippen LogP contribution in [0.25, 0.3) is 0 Å². The monoisotopic (exact) mass is 230 g/mol. The van der Waals surface area contributed by atoms with Crippen LogP contribution >= 0.6 is 0 Å². The van der Waals surface area contributed by atoms with Crippen LogP contribution in [0, 0.1) is 0 Å². The summed E-state index contributed by atoms with van der Waals surface area (Å²) in [5.41, 5.74) is 8.74. The summed E-state index contributed by atoms with van der Waals surface area (Å²) in [5, 5.41) is 3.45. The van der Waals surface area contributed by atoms with Gasteiger partial charge in [0.05, 0.1) is 0 Å². The van der Waals surface area contributed by atoms with Gasteiger partial charge in [-0.25, -0.2) is 0 Å². The van der Waals surface area contributed by atoms with Crippen molar-refractivity contribution >= 4 is 11.6 Å². The molecule has 1 amide bonds. The van der Waals surface area contributed by atoms with E-state index in [1.54, 1.807) is 0 Å². The zero-order chi connectivity index (χ0) is 11.9. The van der Waals surface area contributed by atoms with Crippen molar-refractivity contribution in [2.24, 2.45) is 5.73 Å². The maximum absolute atomic E-state index is 11.2. The number of hydrogen-bond donors (Lipinski definition) is 2. The summed E-state index contributed by atoms with van der Waals surface area (Å²) in [7, 11) is 0. The third-order valence-corrected chi connectivity index (χ3v) is 4.30. The zero-order valence-corrected chi connectivity index (χ0v) is 9.96. The molecule has 3 N–H and O–H groups in total. The third kappa shape index (κ3) is 1.61. The maximum Gasteiger partial charge on any atom is 0.248 e. The van der Waals surface area contributed by atoms with E-state index in [2.05, 4.69) is 11.4 Å². The third-order valence-electron chi connectivity index (χ3n) is 4.30. The van der Waals surface area contributed by atoms with Crippen molar-refractivity contribution in [2.45, 2.75) is 37.5 Å². The Hall–Kier alpha value is -1.51.